The summed E-state index contributed by atoms with van der Waals surface area (Å²) < 4.78 is 37.7. The molecule has 106 valence electrons. The minimum Gasteiger partial charge on any atom is -0.505 e. The SMILES string of the molecule is CC(=O)Nc1c(O)c2ccc(C(F)(F)F)cc2[nH]c1=O. The van der Waals surface area contributed by atoms with Crippen molar-refractivity contribution in [1.82, 2.24) is 4.98 Å². The van der Waals surface area contributed by atoms with E-state index in [4.69, 9.17) is 0 Å². The monoisotopic (exact) mass is 286 g/mol. The molecule has 2 rings (SSSR count). The summed E-state index contributed by atoms with van der Waals surface area (Å²) in [6, 6.07) is 2.51. The van der Waals surface area contributed by atoms with E-state index >= 15 is 0 Å². The molecule has 5 nitrogen and oxygen atoms in total. The summed E-state index contributed by atoms with van der Waals surface area (Å²) >= 11 is 0. The summed E-state index contributed by atoms with van der Waals surface area (Å²) in [4.78, 5) is 24.7. The predicted molar refractivity (Wildman–Crippen MR) is 65.5 cm³/mol. The molecule has 1 aromatic carbocycles. The van der Waals surface area contributed by atoms with Crippen LogP contribution >= 0.6 is 0 Å². The Kier molecular flexibility index (Phi) is 3.16. The van der Waals surface area contributed by atoms with Crippen molar-refractivity contribution in [3.8, 4) is 5.75 Å². The number of benzene rings is 1. The predicted octanol–water partition coefficient (Wildman–Crippen LogP) is 2.21. The van der Waals surface area contributed by atoms with Crippen molar-refractivity contribution in [3.05, 3.63) is 34.1 Å². The highest BCUT2D eigenvalue weighted by atomic mass is 19.4. The number of carbonyl (C=O) groups excluding carboxylic acids is 1. The number of anilines is 1. The quantitative estimate of drug-likeness (QED) is 0.751. The Morgan fingerprint density at radius 2 is 2.00 bits per heavy atom. The summed E-state index contributed by atoms with van der Waals surface area (Å²) in [5.41, 5.74) is -2.40. The number of hydrogen-bond acceptors (Lipinski definition) is 3. The molecule has 0 spiro atoms. The van der Waals surface area contributed by atoms with Crippen LogP contribution in [0.1, 0.15) is 12.5 Å². The van der Waals surface area contributed by atoms with Gasteiger partial charge in [0.25, 0.3) is 5.56 Å². The van der Waals surface area contributed by atoms with Crippen LogP contribution in [0.2, 0.25) is 0 Å². The lowest BCUT2D eigenvalue weighted by molar-refractivity contribution is -0.137. The zero-order chi connectivity index (χ0) is 15.1. The van der Waals surface area contributed by atoms with Gasteiger partial charge in [-0.1, -0.05) is 0 Å². The zero-order valence-electron chi connectivity index (χ0n) is 10.1. The molecule has 1 aromatic heterocycles. The van der Waals surface area contributed by atoms with Gasteiger partial charge in [0, 0.05) is 12.3 Å². The van der Waals surface area contributed by atoms with Gasteiger partial charge in [0.2, 0.25) is 5.91 Å². The molecule has 0 saturated carbocycles. The van der Waals surface area contributed by atoms with E-state index in [2.05, 4.69) is 10.3 Å². The Hall–Kier alpha value is -2.51. The van der Waals surface area contributed by atoms with Gasteiger partial charge >= 0.3 is 6.18 Å². The fourth-order valence-corrected chi connectivity index (χ4v) is 1.75. The van der Waals surface area contributed by atoms with Crippen molar-refractivity contribution in [1.29, 1.82) is 0 Å². The third kappa shape index (κ3) is 2.44. The van der Waals surface area contributed by atoms with Gasteiger partial charge in [-0.05, 0) is 18.2 Å². The first-order chi connectivity index (χ1) is 9.20. The molecule has 0 atom stereocenters. The zero-order valence-corrected chi connectivity index (χ0v) is 10.1. The standard InChI is InChI=1S/C12H9F3N2O3/c1-5(18)16-9-10(19)7-3-2-6(12(13,14)15)4-8(7)17-11(9)20/h2-4H,1H3,(H,16,18)(H2,17,19,20). The number of pyridine rings is 1. The molecule has 0 aliphatic heterocycles. The minimum absolute atomic E-state index is 0.00125. The van der Waals surface area contributed by atoms with Crippen LogP contribution in [0.4, 0.5) is 18.9 Å². The summed E-state index contributed by atoms with van der Waals surface area (Å²) in [7, 11) is 0. The Bertz CT molecular complexity index is 750. The van der Waals surface area contributed by atoms with Gasteiger partial charge in [-0.2, -0.15) is 13.2 Å². The fourth-order valence-electron chi connectivity index (χ4n) is 1.75. The molecule has 8 heteroatoms. The van der Waals surface area contributed by atoms with Crippen molar-refractivity contribution in [2.75, 3.05) is 5.32 Å². The Morgan fingerprint density at radius 3 is 2.55 bits per heavy atom. The second-order valence-corrected chi connectivity index (χ2v) is 4.12. The van der Waals surface area contributed by atoms with E-state index in [0.29, 0.717) is 6.07 Å². The topological polar surface area (TPSA) is 82.2 Å². The largest absolute Gasteiger partial charge is 0.505 e. The number of rotatable bonds is 1. The molecule has 3 N–H and O–H groups in total. The van der Waals surface area contributed by atoms with Crippen molar-refractivity contribution >= 4 is 22.5 Å². The van der Waals surface area contributed by atoms with Crippen LogP contribution in [0.5, 0.6) is 5.75 Å². The van der Waals surface area contributed by atoms with Gasteiger partial charge in [0.05, 0.1) is 11.1 Å². The Labute approximate surface area is 110 Å². The van der Waals surface area contributed by atoms with Crippen LogP contribution < -0.4 is 10.9 Å². The molecule has 0 aliphatic rings. The average Bonchev–Trinajstić information content (AvgIpc) is 2.32. The highest BCUT2D eigenvalue weighted by molar-refractivity contribution is 5.96. The number of hydrogen-bond donors (Lipinski definition) is 3. The number of aromatic nitrogens is 1. The minimum atomic E-state index is -4.56. The molecular weight excluding hydrogens is 277 g/mol. The van der Waals surface area contributed by atoms with E-state index < -0.39 is 34.6 Å². The second kappa shape index (κ2) is 4.55. The van der Waals surface area contributed by atoms with Crippen molar-refractivity contribution < 1.29 is 23.1 Å². The smallest absolute Gasteiger partial charge is 0.416 e. The van der Waals surface area contributed by atoms with Crippen molar-refractivity contribution in [2.24, 2.45) is 0 Å². The lowest BCUT2D eigenvalue weighted by Gasteiger charge is -2.10. The molecule has 0 saturated heterocycles. The first-order valence-electron chi connectivity index (χ1n) is 5.44. The van der Waals surface area contributed by atoms with E-state index in [9.17, 15) is 27.9 Å². The summed E-state index contributed by atoms with van der Waals surface area (Å²) in [5, 5.41) is 12.0. The number of H-pyrrole nitrogens is 1. The van der Waals surface area contributed by atoms with Crippen LogP contribution in [0.15, 0.2) is 23.0 Å². The molecule has 2 aromatic rings. The number of fused-ring (bicyclic) bond motifs is 1. The third-order valence-corrected chi connectivity index (χ3v) is 2.62. The molecule has 0 radical (unpaired) electrons. The fraction of sp³-hybridized carbons (Fsp3) is 0.167. The second-order valence-electron chi connectivity index (χ2n) is 4.12. The van der Waals surface area contributed by atoms with E-state index in [1.807, 2.05) is 0 Å². The van der Waals surface area contributed by atoms with Crippen LogP contribution in [0.3, 0.4) is 0 Å². The van der Waals surface area contributed by atoms with Gasteiger partial charge in [-0.25, -0.2) is 0 Å². The summed E-state index contributed by atoms with van der Waals surface area (Å²) in [5.74, 6) is -1.16. The summed E-state index contributed by atoms with van der Waals surface area (Å²) in [6.45, 7) is 1.13. The van der Waals surface area contributed by atoms with Gasteiger partial charge in [-0.15, -0.1) is 0 Å². The molecule has 0 unspecified atom stereocenters. The molecular formula is C12H9F3N2O3. The molecule has 0 fully saturated rings. The number of alkyl halides is 3. The lowest BCUT2D eigenvalue weighted by atomic mass is 10.1. The van der Waals surface area contributed by atoms with Gasteiger partial charge in [0.15, 0.2) is 5.75 Å². The Morgan fingerprint density at radius 1 is 1.35 bits per heavy atom. The van der Waals surface area contributed by atoms with E-state index in [1.54, 1.807) is 0 Å². The number of nitrogens with one attached hydrogen (secondary N) is 2. The average molecular weight is 286 g/mol. The van der Waals surface area contributed by atoms with Gasteiger partial charge in [-0.3, -0.25) is 9.59 Å². The van der Waals surface area contributed by atoms with Crippen molar-refractivity contribution in [3.63, 3.8) is 0 Å². The maximum absolute atomic E-state index is 12.6. The maximum Gasteiger partial charge on any atom is 0.416 e. The molecule has 1 amide bonds. The molecule has 20 heavy (non-hydrogen) atoms. The van der Waals surface area contributed by atoms with Crippen molar-refractivity contribution in [2.45, 2.75) is 13.1 Å². The molecule has 0 bridgehead atoms. The van der Waals surface area contributed by atoms with E-state index in [-0.39, 0.29) is 10.9 Å². The molecule has 1 heterocycles. The van der Waals surface area contributed by atoms with E-state index in [1.165, 1.54) is 0 Å². The normalized spacial score (nSPS) is 11.6. The van der Waals surface area contributed by atoms with Crippen LogP contribution in [-0.2, 0) is 11.0 Å². The number of carbonyl (C=O) groups is 1. The summed E-state index contributed by atoms with van der Waals surface area (Å²) in [6.07, 6.45) is -4.56. The van der Waals surface area contributed by atoms with E-state index in [0.717, 1.165) is 19.1 Å². The van der Waals surface area contributed by atoms with Crippen LogP contribution in [-0.4, -0.2) is 16.0 Å². The highest BCUT2D eigenvalue weighted by Crippen LogP contribution is 2.34. The Balaban J connectivity index is 2.70. The van der Waals surface area contributed by atoms with Crippen LogP contribution in [0, 0.1) is 0 Å². The number of aromatic amines is 1. The number of aromatic hydroxyl groups is 1. The van der Waals surface area contributed by atoms with Crippen LogP contribution in [0.25, 0.3) is 10.9 Å². The first kappa shape index (κ1) is 13.9. The lowest BCUT2D eigenvalue weighted by Crippen LogP contribution is -2.18. The number of halogens is 3. The van der Waals surface area contributed by atoms with Gasteiger partial charge in [0.1, 0.15) is 5.69 Å². The highest BCUT2D eigenvalue weighted by Gasteiger charge is 2.30. The maximum atomic E-state index is 12.6. The first-order valence-corrected chi connectivity index (χ1v) is 5.44. The number of amides is 1. The molecule has 0 aliphatic carbocycles. The third-order valence-electron chi connectivity index (χ3n) is 2.62. The van der Waals surface area contributed by atoms with Gasteiger partial charge < -0.3 is 15.4 Å².